The minimum Gasteiger partial charge on any atom is -0.382 e. The average Bonchev–Trinajstić information content (AvgIpc) is 2.92. The van der Waals surface area contributed by atoms with Gasteiger partial charge in [-0.15, -0.1) is 12.4 Å². The molecule has 2 aromatic rings. The fourth-order valence-corrected chi connectivity index (χ4v) is 3.50. The zero-order valence-corrected chi connectivity index (χ0v) is 15.4. The second-order valence-corrected chi connectivity index (χ2v) is 6.60. The predicted octanol–water partition coefficient (Wildman–Crippen LogP) is 1.61. The van der Waals surface area contributed by atoms with E-state index in [1.54, 1.807) is 4.68 Å². The van der Waals surface area contributed by atoms with Crippen LogP contribution in [0, 0.1) is 0 Å². The number of piperidine rings is 1. The zero-order chi connectivity index (χ0) is 17.4. The molecule has 0 atom stereocenters. The molecule has 1 aromatic heterocycles. The SMILES string of the molecule is Cl.Cn1nc(N2CCC(=O)NC2=O)c2ccc(NC3CCNCC3)cc21. The van der Waals surface area contributed by atoms with E-state index in [4.69, 9.17) is 0 Å². The van der Waals surface area contributed by atoms with Gasteiger partial charge in [-0.05, 0) is 44.1 Å². The van der Waals surface area contributed by atoms with Crippen molar-refractivity contribution in [3.05, 3.63) is 18.2 Å². The quantitative estimate of drug-likeness (QED) is 0.754. The molecule has 9 heteroatoms. The monoisotopic (exact) mass is 378 g/mol. The molecule has 4 rings (SSSR count). The Morgan fingerprint density at radius 1 is 1.23 bits per heavy atom. The molecule has 3 N–H and O–H groups in total. The fourth-order valence-electron chi connectivity index (χ4n) is 3.50. The fraction of sp³-hybridized carbons (Fsp3) is 0.471. The summed E-state index contributed by atoms with van der Waals surface area (Å²) in [4.78, 5) is 25.0. The Hall–Kier alpha value is -2.32. The van der Waals surface area contributed by atoms with Crippen molar-refractivity contribution < 1.29 is 9.59 Å². The molecule has 0 radical (unpaired) electrons. The number of benzene rings is 1. The molecule has 3 heterocycles. The van der Waals surface area contributed by atoms with Crippen LogP contribution in [-0.2, 0) is 11.8 Å². The molecule has 2 fully saturated rings. The minimum absolute atomic E-state index is 0. The molecule has 140 valence electrons. The number of halogens is 1. The third-order valence-electron chi connectivity index (χ3n) is 4.85. The number of amides is 3. The van der Waals surface area contributed by atoms with E-state index in [0.717, 1.165) is 42.5 Å². The molecule has 8 nitrogen and oxygen atoms in total. The summed E-state index contributed by atoms with van der Waals surface area (Å²) in [6.45, 7) is 2.43. The highest BCUT2D eigenvalue weighted by Gasteiger charge is 2.28. The Balaban J connectivity index is 0.00000196. The number of nitrogens with one attached hydrogen (secondary N) is 3. The number of urea groups is 1. The maximum absolute atomic E-state index is 12.1. The summed E-state index contributed by atoms with van der Waals surface area (Å²) in [6, 6.07) is 6.16. The number of rotatable bonds is 3. The van der Waals surface area contributed by atoms with E-state index in [-0.39, 0.29) is 18.3 Å². The number of hydrogen-bond acceptors (Lipinski definition) is 5. The summed E-state index contributed by atoms with van der Waals surface area (Å²) in [5, 5.41) is 14.7. The Labute approximate surface area is 157 Å². The molecule has 3 amide bonds. The number of hydrogen-bond donors (Lipinski definition) is 3. The van der Waals surface area contributed by atoms with Gasteiger partial charge in [0, 0.05) is 37.1 Å². The lowest BCUT2D eigenvalue weighted by molar-refractivity contribution is -0.120. The van der Waals surface area contributed by atoms with Crippen LogP contribution >= 0.6 is 12.4 Å². The Bertz CT molecular complexity index is 830. The molecule has 0 bridgehead atoms. The van der Waals surface area contributed by atoms with E-state index < -0.39 is 6.03 Å². The van der Waals surface area contributed by atoms with Crippen LogP contribution < -0.4 is 20.9 Å². The van der Waals surface area contributed by atoms with E-state index in [0.29, 0.717) is 24.8 Å². The van der Waals surface area contributed by atoms with E-state index in [2.05, 4.69) is 27.1 Å². The van der Waals surface area contributed by atoms with Gasteiger partial charge >= 0.3 is 6.03 Å². The second-order valence-electron chi connectivity index (χ2n) is 6.60. The van der Waals surface area contributed by atoms with Crippen LogP contribution in [0.2, 0.25) is 0 Å². The average molecular weight is 379 g/mol. The molecule has 0 aliphatic carbocycles. The van der Waals surface area contributed by atoms with Crippen molar-refractivity contribution in [1.29, 1.82) is 0 Å². The summed E-state index contributed by atoms with van der Waals surface area (Å²) in [5.74, 6) is 0.353. The number of carbonyl (C=O) groups excluding carboxylic acids is 2. The topological polar surface area (TPSA) is 91.3 Å². The molecule has 0 unspecified atom stereocenters. The molecule has 26 heavy (non-hydrogen) atoms. The minimum atomic E-state index is -0.409. The number of anilines is 2. The first-order valence-corrected chi connectivity index (χ1v) is 8.67. The van der Waals surface area contributed by atoms with Gasteiger partial charge < -0.3 is 10.6 Å². The lowest BCUT2D eigenvalue weighted by atomic mass is 10.1. The predicted molar refractivity (Wildman–Crippen MR) is 103 cm³/mol. The van der Waals surface area contributed by atoms with Crippen molar-refractivity contribution in [3.63, 3.8) is 0 Å². The van der Waals surface area contributed by atoms with Crippen molar-refractivity contribution in [2.45, 2.75) is 25.3 Å². The third kappa shape index (κ3) is 3.47. The number of fused-ring (bicyclic) bond motifs is 1. The lowest BCUT2D eigenvalue weighted by Gasteiger charge is -2.25. The number of aryl methyl sites for hydroxylation is 1. The van der Waals surface area contributed by atoms with Crippen LogP contribution in [0.1, 0.15) is 19.3 Å². The van der Waals surface area contributed by atoms with Gasteiger partial charge in [-0.3, -0.25) is 19.7 Å². The maximum atomic E-state index is 12.1. The summed E-state index contributed by atoms with van der Waals surface area (Å²) >= 11 is 0. The smallest absolute Gasteiger partial charge is 0.329 e. The summed E-state index contributed by atoms with van der Waals surface area (Å²) in [6.07, 6.45) is 2.51. The maximum Gasteiger partial charge on any atom is 0.329 e. The standard InChI is InChI=1S/C17H22N6O2.ClH/c1-22-14-10-12(19-11-4-7-18-8-5-11)2-3-13(14)16(21-22)23-9-6-15(24)20-17(23)25;/h2-3,10-11,18-19H,4-9H2,1H3,(H,20,24,25);1H. The number of carbonyl (C=O) groups is 2. The van der Waals surface area contributed by atoms with Crippen LogP contribution in [0.3, 0.4) is 0 Å². The van der Waals surface area contributed by atoms with E-state index in [1.807, 2.05) is 19.2 Å². The van der Waals surface area contributed by atoms with Crippen LogP contribution in [-0.4, -0.2) is 47.4 Å². The van der Waals surface area contributed by atoms with Crippen molar-refractivity contribution in [3.8, 4) is 0 Å². The highest BCUT2D eigenvalue weighted by atomic mass is 35.5. The Morgan fingerprint density at radius 3 is 2.73 bits per heavy atom. The first kappa shape index (κ1) is 18.5. The number of imide groups is 1. The van der Waals surface area contributed by atoms with Gasteiger partial charge in [-0.1, -0.05) is 0 Å². The van der Waals surface area contributed by atoms with Crippen LogP contribution in [0.15, 0.2) is 18.2 Å². The van der Waals surface area contributed by atoms with Crippen molar-refractivity contribution in [1.82, 2.24) is 20.4 Å². The van der Waals surface area contributed by atoms with Gasteiger partial charge in [0.15, 0.2) is 5.82 Å². The van der Waals surface area contributed by atoms with E-state index in [1.165, 1.54) is 4.90 Å². The van der Waals surface area contributed by atoms with E-state index >= 15 is 0 Å². The number of aromatic nitrogens is 2. The first-order chi connectivity index (χ1) is 12.1. The van der Waals surface area contributed by atoms with Crippen molar-refractivity contribution in [2.24, 2.45) is 7.05 Å². The molecule has 1 aromatic carbocycles. The van der Waals surface area contributed by atoms with Crippen molar-refractivity contribution >= 4 is 46.8 Å². The van der Waals surface area contributed by atoms with Gasteiger partial charge in [-0.2, -0.15) is 5.10 Å². The normalized spacial score (nSPS) is 18.6. The Morgan fingerprint density at radius 2 is 2.00 bits per heavy atom. The summed E-state index contributed by atoms with van der Waals surface area (Å²) < 4.78 is 1.78. The molecule has 2 aliphatic heterocycles. The molecule has 0 saturated carbocycles. The van der Waals surface area contributed by atoms with Gasteiger partial charge in [0.25, 0.3) is 0 Å². The van der Waals surface area contributed by atoms with Gasteiger partial charge in [0.05, 0.1) is 5.52 Å². The molecular formula is C17H23ClN6O2. The van der Waals surface area contributed by atoms with E-state index in [9.17, 15) is 9.59 Å². The highest BCUT2D eigenvalue weighted by molar-refractivity contribution is 6.09. The van der Waals surface area contributed by atoms with Crippen molar-refractivity contribution in [2.75, 3.05) is 29.9 Å². The molecule has 0 spiro atoms. The van der Waals surface area contributed by atoms with Crippen LogP contribution in [0.25, 0.3) is 10.9 Å². The van der Waals surface area contributed by atoms with Gasteiger partial charge in [0.1, 0.15) is 0 Å². The molecule has 2 saturated heterocycles. The van der Waals surface area contributed by atoms with Gasteiger partial charge in [-0.25, -0.2) is 4.79 Å². The lowest BCUT2D eigenvalue weighted by Crippen LogP contribution is -2.49. The Kier molecular flexibility index (Phi) is 5.33. The van der Waals surface area contributed by atoms with Crippen LogP contribution in [0.5, 0.6) is 0 Å². The first-order valence-electron chi connectivity index (χ1n) is 8.67. The third-order valence-corrected chi connectivity index (χ3v) is 4.85. The largest absolute Gasteiger partial charge is 0.382 e. The second kappa shape index (κ2) is 7.51. The number of nitrogens with zero attached hydrogens (tertiary/aromatic N) is 3. The summed E-state index contributed by atoms with van der Waals surface area (Å²) in [5.41, 5.74) is 2.02. The molecule has 2 aliphatic rings. The zero-order valence-electron chi connectivity index (χ0n) is 14.6. The van der Waals surface area contributed by atoms with Crippen LogP contribution in [0.4, 0.5) is 16.3 Å². The summed E-state index contributed by atoms with van der Waals surface area (Å²) in [7, 11) is 1.87. The molecular weight excluding hydrogens is 356 g/mol. The highest BCUT2D eigenvalue weighted by Crippen LogP contribution is 2.29. The van der Waals surface area contributed by atoms with Gasteiger partial charge in [0.2, 0.25) is 5.91 Å².